The van der Waals surface area contributed by atoms with E-state index in [1.54, 1.807) is 0 Å². The summed E-state index contributed by atoms with van der Waals surface area (Å²) in [7, 11) is 0. The van der Waals surface area contributed by atoms with E-state index in [-0.39, 0.29) is 5.41 Å². The first-order valence-electron chi connectivity index (χ1n) is 7.37. The average Bonchev–Trinajstić information content (AvgIpc) is 2.76. The van der Waals surface area contributed by atoms with Crippen LogP contribution in [0.3, 0.4) is 0 Å². The molecule has 3 unspecified atom stereocenters. The Balaban J connectivity index is 1.99. The molecule has 19 heavy (non-hydrogen) atoms. The molecule has 4 nitrogen and oxygen atoms in total. The van der Waals surface area contributed by atoms with Crippen LogP contribution in [-0.4, -0.2) is 21.4 Å². The molecule has 0 amide bonds. The molecule has 1 aliphatic rings. The first-order chi connectivity index (χ1) is 8.86. The zero-order valence-corrected chi connectivity index (χ0v) is 12.5. The Kier molecular flexibility index (Phi) is 4.29. The van der Waals surface area contributed by atoms with Gasteiger partial charge in [-0.2, -0.15) is 4.98 Å². The third-order valence-corrected chi connectivity index (χ3v) is 4.15. The van der Waals surface area contributed by atoms with E-state index in [1.165, 1.54) is 12.8 Å². The molecule has 1 saturated carbocycles. The summed E-state index contributed by atoms with van der Waals surface area (Å²) >= 11 is 0. The second-order valence-corrected chi connectivity index (χ2v) is 7.10. The van der Waals surface area contributed by atoms with Crippen molar-refractivity contribution in [3.63, 3.8) is 0 Å². The van der Waals surface area contributed by atoms with E-state index in [1.807, 2.05) is 20.8 Å². The van der Waals surface area contributed by atoms with Crippen molar-refractivity contribution in [3.05, 3.63) is 11.7 Å². The molecule has 4 heteroatoms. The summed E-state index contributed by atoms with van der Waals surface area (Å²) in [5.41, 5.74) is -0.159. The van der Waals surface area contributed by atoms with Crippen LogP contribution >= 0.6 is 0 Å². The maximum Gasteiger partial charge on any atom is 0.229 e. The number of nitrogens with zero attached hydrogens (tertiary/aromatic N) is 2. The lowest BCUT2D eigenvalue weighted by Crippen LogP contribution is -2.28. The van der Waals surface area contributed by atoms with Crippen molar-refractivity contribution >= 4 is 0 Å². The summed E-state index contributed by atoms with van der Waals surface area (Å²) in [6, 6.07) is 0. The van der Waals surface area contributed by atoms with E-state index in [9.17, 15) is 5.11 Å². The van der Waals surface area contributed by atoms with E-state index in [0.29, 0.717) is 18.2 Å². The van der Waals surface area contributed by atoms with Crippen LogP contribution in [0.2, 0.25) is 0 Å². The number of aromatic nitrogens is 2. The Morgan fingerprint density at radius 1 is 1.37 bits per heavy atom. The average molecular weight is 266 g/mol. The first-order valence-corrected chi connectivity index (χ1v) is 7.37. The van der Waals surface area contributed by atoms with Crippen LogP contribution in [0.4, 0.5) is 0 Å². The third-order valence-electron chi connectivity index (χ3n) is 4.15. The highest BCUT2D eigenvalue weighted by molar-refractivity contribution is 4.99. The topological polar surface area (TPSA) is 59.2 Å². The van der Waals surface area contributed by atoms with Gasteiger partial charge in [-0.05, 0) is 24.2 Å². The summed E-state index contributed by atoms with van der Waals surface area (Å²) in [5.74, 6) is 2.59. The van der Waals surface area contributed by atoms with Crippen molar-refractivity contribution in [2.45, 2.75) is 71.8 Å². The molecule has 0 bridgehead atoms. The molecule has 2 rings (SSSR count). The van der Waals surface area contributed by atoms with Crippen molar-refractivity contribution in [1.82, 2.24) is 10.1 Å². The first kappa shape index (κ1) is 14.5. The van der Waals surface area contributed by atoms with Crippen molar-refractivity contribution < 1.29 is 9.63 Å². The van der Waals surface area contributed by atoms with Gasteiger partial charge < -0.3 is 9.63 Å². The lowest BCUT2D eigenvalue weighted by atomic mass is 9.82. The minimum absolute atomic E-state index is 0.159. The van der Waals surface area contributed by atoms with Gasteiger partial charge in [-0.25, -0.2) is 0 Å². The largest absolute Gasteiger partial charge is 0.392 e. The van der Waals surface area contributed by atoms with E-state index >= 15 is 0 Å². The number of aliphatic hydroxyl groups is 1. The summed E-state index contributed by atoms with van der Waals surface area (Å²) in [6.45, 7) is 8.32. The Morgan fingerprint density at radius 2 is 2.11 bits per heavy atom. The maximum absolute atomic E-state index is 10.1. The Hall–Kier alpha value is -0.900. The van der Waals surface area contributed by atoms with Crippen molar-refractivity contribution in [2.24, 2.45) is 11.3 Å². The van der Waals surface area contributed by atoms with Gasteiger partial charge in [0.2, 0.25) is 5.89 Å². The van der Waals surface area contributed by atoms with Crippen LogP contribution in [0.25, 0.3) is 0 Å². The monoisotopic (exact) mass is 266 g/mol. The van der Waals surface area contributed by atoms with Gasteiger partial charge in [0.1, 0.15) is 0 Å². The molecule has 3 atom stereocenters. The van der Waals surface area contributed by atoms with Gasteiger partial charge in [0, 0.05) is 5.92 Å². The number of hydrogen-bond acceptors (Lipinski definition) is 4. The van der Waals surface area contributed by atoms with Gasteiger partial charge >= 0.3 is 0 Å². The standard InChI is InChI=1S/C15H26N2O2/c1-10-6-5-7-11(8-10)14-16-13(19-17-14)9-12(18)15(2,3)4/h10-12,18H,5-9H2,1-4H3. The Bertz CT molecular complexity index is 409. The minimum atomic E-state index is -0.453. The van der Waals surface area contributed by atoms with Gasteiger partial charge in [0.15, 0.2) is 5.82 Å². The molecule has 1 N–H and O–H groups in total. The molecule has 1 aromatic rings. The molecule has 1 aliphatic carbocycles. The highest BCUT2D eigenvalue weighted by atomic mass is 16.5. The summed E-state index contributed by atoms with van der Waals surface area (Å²) < 4.78 is 5.30. The maximum atomic E-state index is 10.1. The fourth-order valence-corrected chi connectivity index (χ4v) is 2.66. The van der Waals surface area contributed by atoms with E-state index in [0.717, 1.165) is 24.6 Å². The number of rotatable bonds is 3. The van der Waals surface area contributed by atoms with E-state index < -0.39 is 6.10 Å². The fraction of sp³-hybridized carbons (Fsp3) is 0.867. The molecular formula is C15H26N2O2. The van der Waals surface area contributed by atoms with Gasteiger partial charge in [-0.3, -0.25) is 0 Å². The smallest absolute Gasteiger partial charge is 0.229 e. The van der Waals surface area contributed by atoms with Gasteiger partial charge in [0.25, 0.3) is 0 Å². The van der Waals surface area contributed by atoms with Gasteiger partial charge in [-0.15, -0.1) is 0 Å². The number of aliphatic hydroxyl groups excluding tert-OH is 1. The van der Waals surface area contributed by atoms with Crippen LogP contribution in [0.1, 0.15) is 71.0 Å². The predicted octanol–water partition coefficient (Wildman–Crippen LogP) is 3.31. The van der Waals surface area contributed by atoms with Crippen LogP contribution in [0.15, 0.2) is 4.52 Å². The summed E-state index contributed by atoms with van der Waals surface area (Å²) in [6.07, 6.45) is 4.86. The second-order valence-electron chi connectivity index (χ2n) is 7.10. The SMILES string of the molecule is CC1CCCC(c2noc(CC(O)C(C)(C)C)n2)C1. The molecule has 0 aliphatic heterocycles. The normalized spacial score (nSPS) is 26.4. The molecule has 108 valence electrons. The molecule has 1 heterocycles. The molecule has 0 aromatic carbocycles. The van der Waals surface area contributed by atoms with Gasteiger partial charge in [-0.1, -0.05) is 45.7 Å². The summed E-state index contributed by atoms with van der Waals surface area (Å²) in [4.78, 5) is 4.48. The molecule has 0 radical (unpaired) electrons. The van der Waals surface area contributed by atoms with E-state index in [4.69, 9.17) is 4.52 Å². The predicted molar refractivity (Wildman–Crippen MR) is 73.8 cm³/mol. The van der Waals surface area contributed by atoms with Crippen LogP contribution in [0.5, 0.6) is 0 Å². The lowest BCUT2D eigenvalue weighted by molar-refractivity contribution is 0.0565. The highest BCUT2D eigenvalue weighted by Gasteiger charge is 2.27. The Morgan fingerprint density at radius 3 is 2.74 bits per heavy atom. The zero-order chi connectivity index (χ0) is 14.0. The quantitative estimate of drug-likeness (QED) is 0.911. The zero-order valence-electron chi connectivity index (χ0n) is 12.5. The molecule has 1 aromatic heterocycles. The minimum Gasteiger partial charge on any atom is -0.392 e. The van der Waals surface area contributed by atoms with Crippen molar-refractivity contribution in [1.29, 1.82) is 0 Å². The lowest BCUT2D eigenvalue weighted by Gasteiger charge is -2.24. The molecule has 0 saturated heterocycles. The van der Waals surface area contributed by atoms with Crippen LogP contribution in [-0.2, 0) is 6.42 Å². The Labute approximate surface area is 115 Å². The van der Waals surface area contributed by atoms with Crippen molar-refractivity contribution in [2.75, 3.05) is 0 Å². The van der Waals surface area contributed by atoms with Crippen LogP contribution in [0, 0.1) is 11.3 Å². The fourth-order valence-electron chi connectivity index (χ4n) is 2.66. The highest BCUT2D eigenvalue weighted by Crippen LogP contribution is 2.34. The molecular weight excluding hydrogens is 240 g/mol. The second kappa shape index (κ2) is 5.61. The third kappa shape index (κ3) is 3.78. The van der Waals surface area contributed by atoms with Gasteiger partial charge in [0.05, 0.1) is 12.5 Å². The molecule has 0 spiro atoms. The van der Waals surface area contributed by atoms with Crippen molar-refractivity contribution in [3.8, 4) is 0 Å². The molecule has 1 fully saturated rings. The van der Waals surface area contributed by atoms with Crippen LogP contribution < -0.4 is 0 Å². The van der Waals surface area contributed by atoms with E-state index in [2.05, 4.69) is 17.1 Å². The number of hydrogen-bond donors (Lipinski definition) is 1. The summed E-state index contributed by atoms with van der Waals surface area (Å²) in [5, 5.41) is 14.2.